The molecule has 7 heteroatoms. The fraction of sp³-hybridized carbons (Fsp3) is 0.480. The van der Waals surface area contributed by atoms with Crippen molar-refractivity contribution in [3.63, 3.8) is 0 Å². The number of hydrogen-bond donors (Lipinski definition) is 2. The molecule has 1 aromatic carbocycles. The predicted molar refractivity (Wildman–Crippen MR) is 122 cm³/mol. The Morgan fingerprint density at radius 3 is 2.34 bits per heavy atom. The summed E-state index contributed by atoms with van der Waals surface area (Å²) >= 11 is 0. The summed E-state index contributed by atoms with van der Waals surface area (Å²) in [6.45, 7) is 7.58. The van der Waals surface area contributed by atoms with Crippen LogP contribution in [0.25, 0.3) is 0 Å². The zero-order valence-corrected chi connectivity index (χ0v) is 19.1. The van der Waals surface area contributed by atoms with Gasteiger partial charge >= 0.3 is 0 Å². The van der Waals surface area contributed by atoms with Crippen LogP contribution in [-0.2, 0) is 16.1 Å². The minimum absolute atomic E-state index is 0.0575. The molecule has 1 atom stereocenters. The van der Waals surface area contributed by atoms with Gasteiger partial charge in [-0.2, -0.15) is 0 Å². The number of amides is 3. The van der Waals surface area contributed by atoms with E-state index < -0.39 is 6.04 Å². The third kappa shape index (κ3) is 6.70. The first-order valence-electron chi connectivity index (χ1n) is 11.2. The van der Waals surface area contributed by atoms with Crippen molar-refractivity contribution in [1.29, 1.82) is 0 Å². The number of likely N-dealkylation sites (tertiary alicyclic amines) is 1. The van der Waals surface area contributed by atoms with Gasteiger partial charge in [0.15, 0.2) is 0 Å². The Morgan fingerprint density at radius 1 is 1.06 bits per heavy atom. The summed E-state index contributed by atoms with van der Waals surface area (Å²) in [7, 11) is 0. The van der Waals surface area contributed by atoms with Gasteiger partial charge < -0.3 is 20.0 Å². The molecule has 2 aromatic rings. The highest BCUT2D eigenvalue weighted by atomic mass is 16.3. The van der Waals surface area contributed by atoms with Gasteiger partial charge in [0.2, 0.25) is 11.8 Å². The Labute approximate surface area is 189 Å². The number of hydrogen-bond acceptors (Lipinski definition) is 4. The first-order valence-corrected chi connectivity index (χ1v) is 11.2. The van der Waals surface area contributed by atoms with Gasteiger partial charge in [0.05, 0.1) is 12.8 Å². The fourth-order valence-corrected chi connectivity index (χ4v) is 3.96. The molecular formula is C25H33N3O4. The Hall–Kier alpha value is -3.09. The molecule has 2 N–H and O–H groups in total. The van der Waals surface area contributed by atoms with E-state index in [9.17, 15) is 14.4 Å². The van der Waals surface area contributed by atoms with Crippen LogP contribution in [0.2, 0.25) is 0 Å². The minimum Gasteiger partial charge on any atom is -0.467 e. The van der Waals surface area contributed by atoms with Gasteiger partial charge in [0.1, 0.15) is 11.8 Å². The Balaban J connectivity index is 1.66. The van der Waals surface area contributed by atoms with Crippen molar-refractivity contribution in [1.82, 2.24) is 15.5 Å². The van der Waals surface area contributed by atoms with Gasteiger partial charge in [-0.25, -0.2) is 0 Å². The van der Waals surface area contributed by atoms with E-state index in [1.807, 2.05) is 11.0 Å². The molecule has 0 unspecified atom stereocenters. The molecule has 32 heavy (non-hydrogen) atoms. The lowest BCUT2D eigenvalue weighted by Crippen LogP contribution is -2.53. The summed E-state index contributed by atoms with van der Waals surface area (Å²) in [6, 6.07) is 11.7. The number of carbonyl (C=O) groups excluding carboxylic acids is 3. The van der Waals surface area contributed by atoms with Crippen molar-refractivity contribution < 1.29 is 18.8 Å². The molecule has 0 aliphatic carbocycles. The van der Waals surface area contributed by atoms with Crippen molar-refractivity contribution in [2.45, 2.75) is 52.6 Å². The molecule has 1 aromatic heterocycles. The summed E-state index contributed by atoms with van der Waals surface area (Å²) in [5.41, 5.74) is 0.445. The summed E-state index contributed by atoms with van der Waals surface area (Å²) < 4.78 is 5.29. The summed E-state index contributed by atoms with van der Waals surface area (Å²) in [5.74, 6) is 0.204. The number of nitrogens with one attached hydrogen (secondary N) is 2. The zero-order valence-electron chi connectivity index (χ0n) is 19.1. The molecule has 7 nitrogen and oxygen atoms in total. The van der Waals surface area contributed by atoms with Crippen molar-refractivity contribution >= 4 is 17.7 Å². The first-order chi connectivity index (χ1) is 15.2. The molecule has 0 spiro atoms. The Morgan fingerprint density at radius 2 is 1.75 bits per heavy atom. The normalized spacial score (nSPS) is 15.8. The van der Waals surface area contributed by atoms with Crippen molar-refractivity contribution in [3.05, 3.63) is 60.1 Å². The number of carbonyl (C=O) groups is 3. The number of furan rings is 1. The molecule has 0 bridgehead atoms. The average Bonchev–Trinajstić information content (AvgIpc) is 3.29. The maximum absolute atomic E-state index is 13.1. The third-order valence-corrected chi connectivity index (χ3v) is 5.67. The van der Waals surface area contributed by atoms with Crippen LogP contribution in [-0.4, -0.2) is 41.8 Å². The number of rotatable bonds is 7. The maximum Gasteiger partial charge on any atom is 0.251 e. The predicted octanol–water partition coefficient (Wildman–Crippen LogP) is 3.37. The molecule has 3 amide bonds. The molecule has 0 saturated carbocycles. The summed E-state index contributed by atoms with van der Waals surface area (Å²) in [5, 5.41) is 5.81. The lowest BCUT2D eigenvalue weighted by atomic mass is 9.87. The van der Waals surface area contributed by atoms with Gasteiger partial charge in [0.25, 0.3) is 5.91 Å². The van der Waals surface area contributed by atoms with E-state index in [1.54, 1.807) is 42.7 Å². The van der Waals surface area contributed by atoms with E-state index in [2.05, 4.69) is 31.4 Å². The minimum atomic E-state index is -0.683. The standard InChI is InChI=1S/C25H33N3O4/c1-25(2,3)16-21(29)28-13-11-18(12-14-28)22(24(31)26-17-20-10-7-15-32-20)27-23(30)19-8-5-4-6-9-19/h4-10,15,18,22H,11-14,16-17H2,1-3H3,(H,26,31)(H,27,30)/t22-/m0/s1. The summed E-state index contributed by atoms with van der Waals surface area (Å²) in [6.07, 6.45) is 3.36. The lowest BCUT2D eigenvalue weighted by Gasteiger charge is -2.36. The molecule has 172 valence electrons. The van der Waals surface area contributed by atoms with Gasteiger partial charge in [0, 0.05) is 25.1 Å². The molecule has 1 aliphatic rings. The van der Waals surface area contributed by atoms with Crippen LogP contribution < -0.4 is 10.6 Å². The second-order valence-electron chi connectivity index (χ2n) is 9.57. The van der Waals surface area contributed by atoms with Crippen molar-refractivity contribution in [2.75, 3.05) is 13.1 Å². The van der Waals surface area contributed by atoms with Crippen LogP contribution in [0.15, 0.2) is 53.1 Å². The zero-order chi connectivity index (χ0) is 23.1. The molecule has 1 aliphatic heterocycles. The smallest absolute Gasteiger partial charge is 0.251 e. The highest BCUT2D eigenvalue weighted by Gasteiger charge is 2.34. The molecular weight excluding hydrogens is 406 g/mol. The first kappa shape index (κ1) is 23.6. The Kier molecular flexibility index (Phi) is 7.72. The number of piperidine rings is 1. The largest absolute Gasteiger partial charge is 0.467 e. The van der Waals surface area contributed by atoms with Crippen LogP contribution in [0.5, 0.6) is 0 Å². The van der Waals surface area contributed by atoms with E-state index in [4.69, 9.17) is 4.42 Å². The van der Waals surface area contributed by atoms with Gasteiger partial charge in [-0.15, -0.1) is 0 Å². The number of benzene rings is 1. The van der Waals surface area contributed by atoms with Crippen LogP contribution >= 0.6 is 0 Å². The maximum atomic E-state index is 13.1. The molecule has 1 saturated heterocycles. The van der Waals surface area contributed by atoms with Gasteiger partial charge in [-0.3, -0.25) is 14.4 Å². The monoisotopic (exact) mass is 439 g/mol. The fourth-order valence-electron chi connectivity index (χ4n) is 3.96. The Bertz CT molecular complexity index is 895. The molecule has 2 heterocycles. The topological polar surface area (TPSA) is 91.7 Å². The second-order valence-corrected chi connectivity index (χ2v) is 9.57. The quantitative estimate of drug-likeness (QED) is 0.692. The SMILES string of the molecule is CC(C)(C)CC(=O)N1CCC([C@H](NC(=O)c2ccccc2)C(=O)NCc2ccco2)CC1. The van der Waals surface area contributed by atoms with Crippen LogP contribution in [0, 0.1) is 11.3 Å². The second kappa shape index (κ2) is 10.5. The van der Waals surface area contributed by atoms with Gasteiger partial charge in [-0.05, 0) is 48.4 Å². The van der Waals surface area contributed by atoms with E-state index in [0.717, 1.165) is 0 Å². The molecule has 3 rings (SSSR count). The van der Waals surface area contributed by atoms with Crippen LogP contribution in [0.1, 0.15) is 56.2 Å². The molecule has 0 radical (unpaired) electrons. The number of nitrogens with zero attached hydrogens (tertiary/aromatic N) is 1. The summed E-state index contributed by atoms with van der Waals surface area (Å²) in [4.78, 5) is 40.3. The highest BCUT2D eigenvalue weighted by Crippen LogP contribution is 2.25. The highest BCUT2D eigenvalue weighted by molar-refractivity contribution is 5.97. The van der Waals surface area contributed by atoms with Crippen LogP contribution in [0.4, 0.5) is 0 Å². The lowest BCUT2D eigenvalue weighted by molar-refractivity contribution is -0.134. The van der Waals surface area contributed by atoms with Crippen molar-refractivity contribution in [2.24, 2.45) is 11.3 Å². The van der Waals surface area contributed by atoms with Gasteiger partial charge in [-0.1, -0.05) is 39.0 Å². The average molecular weight is 440 g/mol. The van der Waals surface area contributed by atoms with E-state index in [0.29, 0.717) is 43.7 Å². The molecule has 1 fully saturated rings. The third-order valence-electron chi connectivity index (χ3n) is 5.67. The van der Waals surface area contributed by atoms with E-state index >= 15 is 0 Å². The van der Waals surface area contributed by atoms with E-state index in [-0.39, 0.29) is 35.6 Å². The van der Waals surface area contributed by atoms with E-state index in [1.165, 1.54) is 0 Å². The van der Waals surface area contributed by atoms with Crippen molar-refractivity contribution in [3.8, 4) is 0 Å². The van der Waals surface area contributed by atoms with Crippen LogP contribution in [0.3, 0.4) is 0 Å².